The average Bonchev–Trinajstić information content (AvgIpc) is 4.17. The van der Waals surface area contributed by atoms with Crippen LogP contribution >= 0.6 is 0 Å². The van der Waals surface area contributed by atoms with Crippen molar-refractivity contribution in [3.05, 3.63) is 224 Å². The van der Waals surface area contributed by atoms with Crippen LogP contribution in [0, 0.1) is 11.7 Å². The summed E-state index contributed by atoms with van der Waals surface area (Å²) in [6.45, 7) is 13.4. The van der Waals surface area contributed by atoms with Crippen molar-refractivity contribution in [3.8, 4) is 62.1 Å². The van der Waals surface area contributed by atoms with Crippen LogP contribution in [0.25, 0.3) is 83.4 Å². The van der Waals surface area contributed by atoms with Gasteiger partial charge in [-0.3, -0.25) is 13.7 Å². The largest absolute Gasteiger partial charge is 0.458 e. The van der Waals surface area contributed by atoms with Crippen molar-refractivity contribution < 1.29 is 23.0 Å². The molecule has 0 spiro atoms. The molecule has 0 fully saturated rings. The molecule has 0 amide bonds. The topological polar surface area (TPSA) is 35.9 Å². The molecule has 0 aliphatic rings. The van der Waals surface area contributed by atoms with E-state index in [-0.39, 0.29) is 38.8 Å². The second-order valence-corrected chi connectivity index (χ2v) is 19.4. The van der Waals surface area contributed by atoms with Gasteiger partial charge in [-0.15, -0.1) is 0 Å². The summed E-state index contributed by atoms with van der Waals surface area (Å²) in [5.41, 5.74) is 8.55. The maximum Gasteiger partial charge on any atom is 0.269 e. The lowest BCUT2D eigenvalue weighted by Gasteiger charge is -2.22. The number of hydrogen-bond donors (Lipinski definition) is 0. The van der Waals surface area contributed by atoms with Gasteiger partial charge >= 0.3 is 0 Å². The van der Waals surface area contributed by atoms with Crippen LogP contribution in [0.15, 0.2) is 206 Å². The zero-order valence-electron chi connectivity index (χ0n) is 48.8. The van der Waals surface area contributed by atoms with Gasteiger partial charge in [-0.25, -0.2) is 4.98 Å². The number of aromatic nitrogens is 4. The number of nitrogens with zero attached hydrogens (tertiary/aromatic N) is 4. The van der Waals surface area contributed by atoms with Gasteiger partial charge in [-0.2, -0.15) is 0 Å². The molecule has 0 N–H and O–H groups in total. The third-order valence-corrected chi connectivity index (χ3v) is 12.3. The number of para-hydroxylation sites is 3. The Bertz CT molecular complexity index is 4100. The molecule has 8 aromatic carbocycles. The van der Waals surface area contributed by atoms with Crippen molar-refractivity contribution >= 4 is 32.8 Å². The number of fused-ring (bicyclic) bond motifs is 4. The Morgan fingerprint density at radius 2 is 1.25 bits per heavy atom. The molecule has 3 aromatic heterocycles. The molecule has 0 aliphatic heterocycles. The summed E-state index contributed by atoms with van der Waals surface area (Å²) in [7, 11) is 0. The van der Waals surface area contributed by atoms with Crippen LogP contribution in [0.1, 0.15) is 66.4 Å². The normalized spacial score (nSPS) is 14.1. The van der Waals surface area contributed by atoms with E-state index < -0.39 is 60.4 Å². The molecule has 0 bridgehead atoms. The zero-order chi connectivity index (χ0) is 55.3. The van der Waals surface area contributed by atoms with E-state index in [0.717, 1.165) is 45.2 Å². The van der Waals surface area contributed by atoms with Gasteiger partial charge in [-0.05, 0) is 105 Å². The first-order chi connectivity index (χ1) is 37.1. The Balaban J connectivity index is 1.07. The smallest absolute Gasteiger partial charge is 0.269 e. The van der Waals surface area contributed by atoms with Crippen LogP contribution in [0.5, 0.6) is 11.5 Å². The highest BCUT2D eigenvalue weighted by Gasteiger charge is 2.23. The van der Waals surface area contributed by atoms with Gasteiger partial charge in [0.2, 0.25) is 0 Å². The maximum absolute atomic E-state index is 9.07. The molecule has 0 saturated carbocycles. The number of imidazole rings is 1. The lowest BCUT2D eigenvalue weighted by molar-refractivity contribution is -0.571. The molecule has 332 valence electrons. The van der Waals surface area contributed by atoms with Gasteiger partial charge in [0.25, 0.3) is 6.33 Å². The summed E-state index contributed by atoms with van der Waals surface area (Å²) in [4.78, 5) is 5.18. The molecule has 11 aromatic rings. The van der Waals surface area contributed by atoms with Crippen molar-refractivity contribution in [2.24, 2.45) is 5.41 Å². The molecular weight excluding hydrogens is 829 g/mol. The van der Waals surface area contributed by atoms with E-state index in [0.29, 0.717) is 28.2 Å². The van der Waals surface area contributed by atoms with E-state index in [2.05, 4.69) is 113 Å². The van der Waals surface area contributed by atoms with Gasteiger partial charge in [0.15, 0.2) is 0 Å². The minimum Gasteiger partial charge on any atom is -0.458 e. The van der Waals surface area contributed by atoms with Crippen LogP contribution in [0.3, 0.4) is 0 Å². The SMILES string of the molecule is [2H]c1c([2H])c([2H])c(-c2cccc(-c3c([2H])c([2H])c([2H])c([2H])c3[2H])c2-[n+]2[c-]n(-c3cccc(Oc4ccc5c6cc(C(C)(C)C)ccc6n(-c6cc(CC(C)(C)C)c(-c7ccccc7)cn6)c5c4)c3)c3ccccc32)c([2H])c1[2H]. The van der Waals surface area contributed by atoms with Gasteiger partial charge < -0.3 is 4.74 Å². The number of rotatable bonds is 9. The predicted molar refractivity (Wildman–Crippen MR) is 280 cm³/mol. The van der Waals surface area contributed by atoms with Crippen molar-refractivity contribution in [2.45, 2.75) is 53.4 Å². The molecular formula is C63H54N4O. The van der Waals surface area contributed by atoms with E-state index in [9.17, 15) is 0 Å². The summed E-state index contributed by atoms with van der Waals surface area (Å²) >= 11 is 0. The van der Waals surface area contributed by atoms with E-state index in [1.807, 2.05) is 66.9 Å². The van der Waals surface area contributed by atoms with Crippen LogP contribution < -0.4 is 9.30 Å². The lowest BCUT2D eigenvalue weighted by Crippen LogP contribution is -2.31. The predicted octanol–water partition coefficient (Wildman–Crippen LogP) is 15.9. The fourth-order valence-corrected chi connectivity index (χ4v) is 9.18. The molecule has 0 aliphatic carbocycles. The number of hydrogen-bond acceptors (Lipinski definition) is 2. The Morgan fingerprint density at radius 3 is 1.96 bits per heavy atom. The number of benzene rings is 8. The second-order valence-electron chi connectivity index (χ2n) is 19.4. The monoisotopic (exact) mass is 892 g/mol. The standard InChI is InChI=1S/C63H54N4O/c1-62(2,3)40-46-36-60(64-41-55(46)45-24-14-9-15-25-45)67-56-35-32-47(63(4,5)6)37-54(56)53-34-33-50(39-59(53)67)68-49-27-18-26-48(38-49)65-42-66(58-31-17-16-30-57(58)65)61-51(43-20-10-7-11-21-43)28-19-29-52(61)44-22-12-8-13-23-44/h7-39,41H,40H2,1-6H3/i7D,8D,10D,11D,12D,13D,20D,21D,22D,23D. The quantitative estimate of drug-likeness (QED) is 0.107. The highest BCUT2D eigenvalue weighted by atomic mass is 16.5. The minimum atomic E-state index is -0.567. The maximum atomic E-state index is 9.07. The molecule has 3 heterocycles. The van der Waals surface area contributed by atoms with E-state index in [1.165, 1.54) is 11.1 Å². The summed E-state index contributed by atoms with van der Waals surface area (Å²) < 4.78 is 99.9. The second kappa shape index (κ2) is 17.0. The van der Waals surface area contributed by atoms with Gasteiger partial charge in [0, 0.05) is 28.6 Å². The van der Waals surface area contributed by atoms with Crippen molar-refractivity contribution in [1.82, 2.24) is 14.1 Å². The van der Waals surface area contributed by atoms with Crippen LogP contribution in [-0.2, 0) is 11.8 Å². The first-order valence-electron chi connectivity index (χ1n) is 27.8. The van der Waals surface area contributed by atoms with Crippen molar-refractivity contribution in [2.75, 3.05) is 0 Å². The number of pyridine rings is 1. The Labute approximate surface area is 413 Å². The molecule has 5 nitrogen and oxygen atoms in total. The summed E-state index contributed by atoms with van der Waals surface area (Å²) in [6.07, 6.45) is 6.30. The van der Waals surface area contributed by atoms with Crippen LogP contribution in [-0.4, -0.2) is 14.1 Å². The highest BCUT2D eigenvalue weighted by molar-refractivity contribution is 6.10. The lowest BCUT2D eigenvalue weighted by atomic mass is 9.85. The number of ether oxygens (including phenoxy) is 1. The summed E-state index contributed by atoms with van der Waals surface area (Å²) in [5.74, 6) is 1.89. The fraction of sp³-hybridized carbons (Fsp3) is 0.143. The molecule has 11 rings (SSSR count). The van der Waals surface area contributed by atoms with Gasteiger partial charge in [-0.1, -0.05) is 187 Å². The van der Waals surface area contributed by atoms with Gasteiger partial charge in [0.05, 0.1) is 47.1 Å². The minimum absolute atomic E-state index is 0.000814. The Morgan fingerprint density at radius 1 is 0.574 bits per heavy atom. The van der Waals surface area contributed by atoms with E-state index in [1.54, 1.807) is 27.3 Å². The summed E-state index contributed by atoms with van der Waals surface area (Å²) in [6, 6.07) is 39.9. The van der Waals surface area contributed by atoms with Crippen molar-refractivity contribution in [3.63, 3.8) is 0 Å². The molecule has 68 heavy (non-hydrogen) atoms. The van der Waals surface area contributed by atoms with E-state index >= 15 is 0 Å². The molecule has 0 atom stereocenters. The Hall–Kier alpha value is -8.02. The first kappa shape index (κ1) is 32.6. The van der Waals surface area contributed by atoms with Crippen molar-refractivity contribution in [1.29, 1.82) is 0 Å². The third kappa shape index (κ3) is 8.04. The first-order valence-corrected chi connectivity index (χ1v) is 22.8. The third-order valence-electron chi connectivity index (χ3n) is 12.3. The highest BCUT2D eigenvalue weighted by Crippen LogP contribution is 2.40. The van der Waals surface area contributed by atoms with E-state index in [4.69, 9.17) is 23.4 Å². The molecule has 0 saturated heterocycles. The molecule has 0 unspecified atom stereocenters. The Kier molecular flexibility index (Phi) is 8.16. The zero-order valence-corrected chi connectivity index (χ0v) is 38.8. The molecule has 0 radical (unpaired) electrons. The molecule has 5 heteroatoms. The van der Waals surface area contributed by atoms with Crippen LogP contribution in [0.4, 0.5) is 0 Å². The van der Waals surface area contributed by atoms with Crippen LogP contribution in [0.2, 0.25) is 0 Å². The average molecular weight is 893 g/mol. The van der Waals surface area contributed by atoms with Gasteiger partial charge in [0.1, 0.15) is 17.3 Å². The fourth-order valence-electron chi connectivity index (χ4n) is 9.18. The summed E-state index contributed by atoms with van der Waals surface area (Å²) in [5, 5.41) is 2.15.